The lowest BCUT2D eigenvalue weighted by Crippen LogP contribution is -2.24. The predicted molar refractivity (Wildman–Crippen MR) is 59.5 cm³/mol. The standard InChI is InChI=1S/C9H16ClF3O3S/c1-7(2)8(6-17(10,14)15)5-16-4-3-9(11,12)13/h7-8H,3-6H2,1-2H3. The Bertz CT molecular complexity index is 314. The van der Waals surface area contributed by atoms with E-state index in [0.29, 0.717) is 0 Å². The number of rotatable bonds is 7. The fourth-order valence-electron chi connectivity index (χ4n) is 1.11. The van der Waals surface area contributed by atoms with Gasteiger partial charge < -0.3 is 4.74 Å². The maximum Gasteiger partial charge on any atom is 0.391 e. The zero-order chi connectivity index (χ0) is 13.7. The Labute approximate surface area is 104 Å². The third kappa shape index (κ3) is 10.8. The second kappa shape index (κ2) is 6.80. The molecule has 0 rings (SSSR count). The molecular formula is C9H16ClF3O3S. The topological polar surface area (TPSA) is 43.4 Å². The smallest absolute Gasteiger partial charge is 0.381 e. The first-order valence-electron chi connectivity index (χ1n) is 5.08. The molecule has 104 valence electrons. The van der Waals surface area contributed by atoms with Gasteiger partial charge >= 0.3 is 6.18 Å². The molecule has 0 aromatic heterocycles. The average molecular weight is 297 g/mol. The van der Waals surface area contributed by atoms with Gasteiger partial charge in [0.2, 0.25) is 9.05 Å². The maximum absolute atomic E-state index is 11.8. The third-order valence-electron chi connectivity index (χ3n) is 2.22. The summed E-state index contributed by atoms with van der Waals surface area (Å²) in [5, 5.41) is 0. The quantitative estimate of drug-likeness (QED) is 0.536. The summed E-state index contributed by atoms with van der Waals surface area (Å²) >= 11 is 0. The van der Waals surface area contributed by atoms with Crippen LogP contribution in [0.15, 0.2) is 0 Å². The van der Waals surface area contributed by atoms with Crippen LogP contribution in [0.1, 0.15) is 20.3 Å². The summed E-state index contributed by atoms with van der Waals surface area (Å²) in [6.07, 6.45) is -5.29. The minimum Gasteiger partial charge on any atom is -0.381 e. The molecule has 0 saturated carbocycles. The van der Waals surface area contributed by atoms with Crippen LogP contribution in [0.2, 0.25) is 0 Å². The Kier molecular flexibility index (Phi) is 6.79. The van der Waals surface area contributed by atoms with Gasteiger partial charge in [0.25, 0.3) is 0 Å². The van der Waals surface area contributed by atoms with Gasteiger partial charge in [-0.25, -0.2) is 8.42 Å². The van der Waals surface area contributed by atoms with Crippen molar-refractivity contribution in [2.75, 3.05) is 19.0 Å². The molecule has 0 aliphatic rings. The van der Waals surface area contributed by atoms with Gasteiger partial charge in [-0.2, -0.15) is 13.2 Å². The van der Waals surface area contributed by atoms with Gasteiger partial charge in [-0.1, -0.05) is 13.8 Å². The van der Waals surface area contributed by atoms with Crippen LogP contribution in [0, 0.1) is 11.8 Å². The number of halogens is 4. The van der Waals surface area contributed by atoms with Gasteiger partial charge in [0.15, 0.2) is 0 Å². The normalized spacial score (nSPS) is 15.2. The second-order valence-electron chi connectivity index (χ2n) is 4.15. The van der Waals surface area contributed by atoms with Crippen molar-refractivity contribution >= 4 is 19.7 Å². The summed E-state index contributed by atoms with van der Waals surface area (Å²) in [5.74, 6) is -0.724. The van der Waals surface area contributed by atoms with Crippen molar-refractivity contribution < 1.29 is 26.3 Å². The molecule has 8 heteroatoms. The summed E-state index contributed by atoms with van der Waals surface area (Å²) in [7, 11) is 1.43. The number of ether oxygens (including phenoxy) is 1. The van der Waals surface area contributed by atoms with Crippen LogP contribution in [-0.2, 0) is 13.8 Å². The molecule has 1 atom stereocenters. The second-order valence-corrected chi connectivity index (χ2v) is 6.97. The highest BCUT2D eigenvalue weighted by atomic mass is 35.7. The molecule has 0 bridgehead atoms. The Morgan fingerprint density at radius 1 is 1.29 bits per heavy atom. The van der Waals surface area contributed by atoms with Crippen molar-refractivity contribution in [3.63, 3.8) is 0 Å². The minimum atomic E-state index is -4.26. The van der Waals surface area contributed by atoms with E-state index in [1.165, 1.54) is 0 Å². The maximum atomic E-state index is 11.8. The summed E-state index contributed by atoms with van der Waals surface area (Å²) in [6.45, 7) is 3.02. The number of hydrogen-bond donors (Lipinski definition) is 0. The SMILES string of the molecule is CC(C)C(COCCC(F)(F)F)CS(=O)(=O)Cl. The molecule has 0 spiro atoms. The van der Waals surface area contributed by atoms with E-state index in [1.54, 1.807) is 13.8 Å². The van der Waals surface area contributed by atoms with Crippen molar-refractivity contribution in [3.05, 3.63) is 0 Å². The molecule has 0 saturated heterocycles. The van der Waals surface area contributed by atoms with Crippen molar-refractivity contribution in [2.45, 2.75) is 26.4 Å². The molecule has 0 aromatic carbocycles. The van der Waals surface area contributed by atoms with Gasteiger partial charge in [-0.15, -0.1) is 0 Å². The van der Waals surface area contributed by atoms with E-state index in [1.807, 2.05) is 0 Å². The van der Waals surface area contributed by atoms with Crippen molar-refractivity contribution in [2.24, 2.45) is 11.8 Å². The molecule has 3 nitrogen and oxygen atoms in total. The van der Waals surface area contributed by atoms with Crippen molar-refractivity contribution in [1.29, 1.82) is 0 Å². The molecule has 0 radical (unpaired) electrons. The van der Waals surface area contributed by atoms with Gasteiger partial charge in [0.05, 0.1) is 25.4 Å². The summed E-state index contributed by atoms with van der Waals surface area (Å²) in [6, 6.07) is 0. The molecule has 17 heavy (non-hydrogen) atoms. The molecular weight excluding hydrogens is 281 g/mol. The van der Waals surface area contributed by atoms with E-state index < -0.39 is 34.2 Å². The van der Waals surface area contributed by atoms with E-state index >= 15 is 0 Å². The van der Waals surface area contributed by atoms with Crippen LogP contribution in [-0.4, -0.2) is 33.6 Å². The molecule has 0 heterocycles. The predicted octanol–water partition coefficient (Wildman–Crippen LogP) is 2.80. The van der Waals surface area contributed by atoms with E-state index in [2.05, 4.69) is 0 Å². The van der Waals surface area contributed by atoms with E-state index in [9.17, 15) is 21.6 Å². The van der Waals surface area contributed by atoms with E-state index in [0.717, 1.165) is 0 Å². The lowest BCUT2D eigenvalue weighted by atomic mass is 9.99. The summed E-state index contributed by atoms with van der Waals surface area (Å²) in [5.41, 5.74) is 0. The minimum absolute atomic E-state index is 0.0330. The van der Waals surface area contributed by atoms with Crippen LogP contribution in [0.3, 0.4) is 0 Å². The zero-order valence-electron chi connectivity index (χ0n) is 9.63. The van der Waals surface area contributed by atoms with Crippen molar-refractivity contribution in [3.8, 4) is 0 Å². The van der Waals surface area contributed by atoms with Gasteiger partial charge in [-0.05, 0) is 11.8 Å². The zero-order valence-corrected chi connectivity index (χ0v) is 11.2. The molecule has 0 N–H and O–H groups in total. The Morgan fingerprint density at radius 2 is 1.82 bits per heavy atom. The first kappa shape index (κ1) is 17.0. The average Bonchev–Trinajstić information content (AvgIpc) is 2.06. The van der Waals surface area contributed by atoms with Crippen LogP contribution in [0.4, 0.5) is 13.2 Å². The van der Waals surface area contributed by atoms with Gasteiger partial charge in [-0.3, -0.25) is 0 Å². The highest BCUT2D eigenvalue weighted by Gasteiger charge is 2.27. The molecule has 1 unspecified atom stereocenters. The lowest BCUT2D eigenvalue weighted by molar-refractivity contribution is -0.146. The molecule has 0 aliphatic heterocycles. The van der Waals surface area contributed by atoms with Crippen LogP contribution in [0.25, 0.3) is 0 Å². The fourth-order valence-corrected chi connectivity index (χ4v) is 2.59. The lowest BCUT2D eigenvalue weighted by Gasteiger charge is -2.19. The number of hydrogen-bond acceptors (Lipinski definition) is 3. The molecule has 0 fully saturated rings. The highest BCUT2D eigenvalue weighted by Crippen LogP contribution is 2.20. The largest absolute Gasteiger partial charge is 0.391 e. The molecule has 0 aromatic rings. The van der Waals surface area contributed by atoms with Crippen LogP contribution < -0.4 is 0 Å². The highest BCUT2D eigenvalue weighted by molar-refractivity contribution is 8.13. The Balaban J connectivity index is 4.04. The van der Waals surface area contributed by atoms with E-state index in [4.69, 9.17) is 15.4 Å². The van der Waals surface area contributed by atoms with Gasteiger partial charge in [0.1, 0.15) is 0 Å². The van der Waals surface area contributed by atoms with E-state index in [-0.39, 0.29) is 18.3 Å². The summed E-state index contributed by atoms with van der Waals surface area (Å²) < 4.78 is 62.0. The first-order chi connectivity index (χ1) is 7.51. The first-order valence-corrected chi connectivity index (χ1v) is 7.56. The van der Waals surface area contributed by atoms with Gasteiger partial charge in [0, 0.05) is 10.7 Å². The monoisotopic (exact) mass is 296 g/mol. The summed E-state index contributed by atoms with van der Waals surface area (Å²) in [4.78, 5) is 0. The number of alkyl halides is 3. The third-order valence-corrected chi connectivity index (χ3v) is 3.42. The van der Waals surface area contributed by atoms with Crippen LogP contribution in [0.5, 0.6) is 0 Å². The molecule has 0 aliphatic carbocycles. The van der Waals surface area contributed by atoms with Crippen molar-refractivity contribution in [1.82, 2.24) is 0 Å². The molecule has 0 amide bonds. The Hall–Kier alpha value is -0.0100. The fraction of sp³-hybridized carbons (Fsp3) is 1.00. The Morgan fingerprint density at radius 3 is 2.18 bits per heavy atom. The van der Waals surface area contributed by atoms with Crippen LogP contribution >= 0.6 is 10.7 Å².